The molecule has 0 unspecified atom stereocenters. The zero-order chi connectivity index (χ0) is 18.5. The molecule has 2 aromatic heterocycles. The number of carbonyl (C=O) groups excluding carboxylic acids is 1. The Balaban J connectivity index is 1.74. The van der Waals surface area contributed by atoms with Gasteiger partial charge in [0.2, 0.25) is 0 Å². The van der Waals surface area contributed by atoms with Gasteiger partial charge in [-0.2, -0.15) is 0 Å². The molecule has 0 spiro atoms. The average molecular weight is 360 g/mol. The van der Waals surface area contributed by atoms with Gasteiger partial charge >= 0.3 is 6.03 Å². The van der Waals surface area contributed by atoms with Crippen LogP contribution < -0.4 is 15.8 Å². The molecule has 1 aliphatic rings. The molecule has 0 atom stereocenters. The maximum atomic E-state index is 12.8. The number of pyridine rings is 1. The van der Waals surface area contributed by atoms with Gasteiger partial charge < -0.3 is 19.9 Å². The third-order valence-corrected chi connectivity index (χ3v) is 4.45. The molecule has 26 heavy (non-hydrogen) atoms. The summed E-state index contributed by atoms with van der Waals surface area (Å²) < 4.78 is 6.57. The topological polar surface area (TPSA) is 92.6 Å². The van der Waals surface area contributed by atoms with Crippen molar-refractivity contribution >= 4 is 23.0 Å². The summed E-state index contributed by atoms with van der Waals surface area (Å²) in [5.41, 5.74) is 1.15. The average Bonchev–Trinajstić information content (AvgIpc) is 2.68. The summed E-state index contributed by atoms with van der Waals surface area (Å²) in [7, 11) is 1.60. The fourth-order valence-electron chi connectivity index (χ4n) is 3.06. The molecule has 140 valence electrons. The lowest BCUT2D eigenvalue weighted by molar-refractivity contribution is 0.177. The van der Waals surface area contributed by atoms with Gasteiger partial charge in [-0.1, -0.05) is 0 Å². The minimum absolute atomic E-state index is 0.108. The number of hydrogen-bond donors (Lipinski definition) is 1. The molecule has 0 aromatic carbocycles. The molecule has 0 saturated carbocycles. The summed E-state index contributed by atoms with van der Waals surface area (Å²) in [6.07, 6.45) is 1.66. The number of ether oxygens (including phenoxy) is 1. The smallest absolute Gasteiger partial charge is 0.317 e. The van der Waals surface area contributed by atoms with E-state index < -0.39 is 0 Å². The maximum absolute atomic E-state index is 12.8. The van der Waals surface area contributed by atoms with Crippen molar-refractivity contribution < 1.29 is 9.53 Å². The quantitative estimate of drug-likeness (QED) is 0.771. The highest BCUT2D eigenvalue weighted by Gasteiger charge is 2.24. The molecular formula is C17H24N6O3. The van der Waals surface area contributed by atoms with Gasteiger partial charge in [0.25, 0.3) is 5.56 Å². The van der Waals surface area contributed by atoms with Crippen LogP contribution in [0.4, 0.5) is 10.6 Å². The SMILES string of the molecule is CCn1c(=O)c(N2CCN(C(=O)NCCOC)CC2)nc2cccnc21. The molecule has 3 heterocycles. The van der Waals surface area contributed by atoms with E-state index in [1.807, 2.05) is 24.0 Å². The van der Waals surface area contributed by atoms with Crippen LogP contribution in [0.2, 0.25) is 0 Å². The Kier molecular flexibility index (Phi) is 5.67. The fraction of sp³-hybridized carbons (Fsp3) is 0.529. The predicted octanol–water partition coefficient (Wildman–Crippen LogP) is 0.289. The van der Waals surface area contributed by atoms with Gasteiger partial charge in [0, 0.05) is 52.6 Å². The van der Waals surface area contributed by atoms with Crippen molar-refractivity contribution in [3.05, 3.63) is 28.7 Å². The molecule has 0 aliphatic carbocycles. The minimum Gasteiger partial charge on any atom is -0.383 e. The number of anilines is 1. The highest BCUT2D eigenvalue weighted by atomic mass is 16.5. The zero-order valence-electron chi connectivity index (χ0n) is 15.1. The summed E-state index contributed by atoms with van der Waals surface area (Å²) in [5.74, 6) is 0.423. The number of urea groups is 1. The van der Waals surface area contributed by atoms with Gasteiger partial charge in [0.05, 0.1) is 6.61 Å². The van der Waals surface area contributed by atoms with E-state index in [9.17, 15) is 9.59 Å². The van der Waals surface area contributed by atoms with E-state index in [-0.39, 0.29) is 11.6 Å². The van der Waals surface area contributed by atoms with Crippen molar-refractivity contribution in [1.82, 2.24) is 24.8 Å². The summed E-state index contributed by atoms with van der Waals surface area (Å²) in [6, 6.07) is 3.56. The van der Waals surface area contributed by atoms with E-state index in [0.717, 1.165) is 0 Å². The van der Waals surface area contributed by atoms with Crippen LogP contribution in [0.5, 0.6) is 0 Å². The number of nitrogens with one attached hydrogen (secondary N) is 1. The molecule has 1 aliphatic heterocycles. The lowest BCUT2D eigenvalue weighted by Crippen LogP contribution is -2.53. The van der Waals surface area contributed by atoms with Gasteiger partial charge in [-0.05, 0) is 19.1 Å². The third kappa shape index (κ3) is 3.62. The van der Waals surface area contributed by atoms with Gasteiger partial charge in [0.1, 0.15) is 5.52 Å². The van der Waals surface area contributed by atoms with Crippen LogP contribution in [0.3, 0.4) is 0 Å². The van der Waals surface area contributed by atoms with Crippen molar-refractivity contribution in [3.63, 3.8) is 0 Å². The normalized spacial score (nSPS) is 14.7. The number of aromatic nitrogens is 3. The molecule has 1 N–H and O–H groups in total. The summed E-state index contributed by atoms with van der Waals surface area (Å²) >= 11 is 0. The summed E-state index contributed by atoms with van der Waals surface area (Å²) in [5, 5.41) is 2.82. The lowest BCUT2D eigenvalue weighted by Gasteiger charge is -2.35. The molecule has 2 aromatic rings. The second-order valence-electron chi connectivity index (χ2n) is 6.03. The van der Waals surface area contributed by atoms with Crippen molar-refractivity contribution in [2.75, 3.05) is 51.3 Å². The number of fused-ring (bicyclic) bond motifs is 1. The number of piperazine rings is 1. The molecule has 0 bridgehead atoms. The Hall–Kier alpha value is -2.68. The minimum atomic E-state index is -0.142. The molecule has 1 saturated heterocycles. The highest BCUT2D eigenvalue weighted by Crippen LogP contribution is 2.14. The van der Waals surface area contributed by atoms with Crippen LogP contribution in [0.25, 0.3) is 11.2 Å². The number of rotatable bonds is 5. The Morgan fingerprint density at radius 2 is 2.08 bits per heavy atom. The first kappa shape index (κ1) is 18.1. The largest absolute Gasteiger partial charge is 0.383 e. The zero-order valence-corrected chi connectivity index (χ0v) is 15.1. The third-order valence-electron chi connectivity index (χ3n) is 4.45. The molecule has 0 radical (unpaired) electrons. The summed E-state index contributed by atoms with van der Waals surface area (Å²) in [6.45, 7) is 5.62. The molecular weight excluding hydrogens is 336 g/mol. The fourth-order valence-corrected chi connectivity index (χ4v) is 3.06. The van der Waals surface area contributed by atoms with Crippen LogP contribution >= 0.6 is 0 Å². The molecule has 9 heteroatoms. The van der Waals surface area contributed by atoms with E-state index >= 15 is 0 Å². The number of amides is 2. The maximum Gasteiger partial charge on any atom is 0.317 e. The predicted molar refractivity (Wildman–Crippen MR) is 98.5 cm³/mol. The van der Waals surface area contributed by atoms with E-state index in [1.54, 1.807) is 22.8 Å². The standard InChI is InChI=1S/C17H24N6O3/c1-3-23-14-13(5-4-6-18-14)20-15(16(23)24)21-8-10-22(11-9-21)17(25)19-7-12-26-2/h4-6H,3,7-12H2,1-2H3,(H,19,25). The number of hydrogen-bond acceptors (Lipinski definition) is 6. The van der Waals surface area contributed by atoms with Crippen molar-refractivity contribution in [1.29, 1.82) is 0 Å². The second-order valence-corrected chi connectivity index (χ2v) is 6.03. The highest BCUT2D eigenvalue weighted by molar-refractivity contribution is 5.75. The number of methoxy groups -OCH3 is 1. The van der Waals surface area contributed by atoms with Crippen LogP contribution in [0, 0.1) is 0 Å². The Labute approximate surface area is 151 Å². The van der Waals surface area contributed by atoms with Crippen LogP contribution in [-0.4, -0.2) is 71.9 Å². The van der Waals surface area contributed by atoms with Gasteiger partial charge in [-0.25, -0.2) is 14.8 Å². The van der Waals surface area contributed by atoms with Gasteiger partial charge in [-0.15, -0.1) is 0 Å². The number of carbonyl (C=O) groups is 1. The van der Waals surface area contributed by atoms with Crippen LogP contribution in [0.1, 0.15) is 6.92 Å². The second kappa shape index (κ2) is 8.13. The Bertz CT molecular complexity index is 829. The Morgan fingerprint density at radius 3 is 2.77 bits per heavy atom. The number of nitrogens with zero attached hydrogens (tertiary/aromatic N) is 5. The lowest BCUT2D eigenvalue weighted by atomic mass is 10.3. The monoisotopic (exact) mass is 360 g/mol. The Morgan fingerprint density at radius 1 is 1.31 bits per heavy atom. The van der Waals surface area contributed by atoms with Crippen LogP contribution in [-0.2, 0) is 11.3 Å². The van der Waals surface area contributed by atoms with Crippen molar-refractivity contribution in [3.8, 4) is 0 Å². The van der Waals surface area contributed by atoms with E-state index in [4.69, 9.17) is 4.74 Å². The first-order chi connectivity index (χ1) is 12.7. The van der Waals surface area contributed by atoms with Gasteiger partial charge in [-0.3, -0.25) is 9.36 Å². The molecule has 2 amide bonds. The first-order valence-corrected chi connectivity index (χ1v) is 8.78. The molecule has 9 nitrogen and oxygen atoms in total. The summed E-state index contributed by atoms with van der Waals surface area (Å²) in [4.78, 5) is 37.4. The van der Waals surface area contributed by atoms with Crippen LogP contribution in [0.15, 0.2) is 23.1 Å². The number of aryl methyl sites for hydroxylation is 1. The van der Waals surface area contributed by atoms with Crippen molar-refractivity contribution in [2.24, 2.45) is 0 Å². The van der Waals surface area contributed by atoms with E-state index in [1.165, 1.54) is 0 Å². The van der Waals surface area contributed by atoms with E-state index in [2.05, 4.69) is 15.3 Å². The first-order valence-electron chi connectivity index (χ1n) is 8.78. The molecule has 1 fully saturated rings. The molecule has 3 rings (SSSR count). The van der Waals surface area contributed by atoms with Crippen molar-refractivity contribution in [2.45, 2.75) is 13.5 Å². The van der Waals surface area contributed by atoms with E-state index in [0.29, 0.717) is 62.9 Å². The van der Waals surface area contributed by atoms with Gasteiger partial charge in [0.15, 0.2) is 11.5 Å².